The number of nitrogens with one attached hydrogen (secondary N) is 1. The molecule has 0 bridgehead atoms. The molecule has 0 saturated carbocycles. The molecule has 6 heterocycles. The average Bonchev–Trinajstić information content (AvgIpc) is 3.49. The van der Waals surface area contributed by atoms with Crippen molar-refractivity contribution in [1.82, 2.24) is 34.0 Å². The minimum Gasteiger partial charge on any atom is -0.344 e. The third-order valence-corrected chi connectivity index (χ3v) is 8.25. The number of H-pyrrole nitrogens is 1. The molecule has 210 valence electrons. The van der Waals surface area contributed by atoms with Crippen molar-refractivity contribution in [3.8, 4) is 11.1 Å². The van der Waals surface area contributed by atoms with E-state index in [9.17, 15) is 18.4 Å². The molecule has 2 saturated heterocycles. The number of halogens is 3. The predicted octanol–water partition coefficient (Wildman–Crippen LogP) is 4.11. The third kappa shape index (κ3) is 4.42. The zero-order chi connectivity index (χ0) is 28.3. The van der Waals surface area contributed by atoms with Gasteiger partial charge in [0, 0.05) is 47.7 Å². The molecule has 0 aliphatic carbocycles. The molecule has 5 aromatic rings. The number of aromatic nitrogens is 6. The Hall–Kier alpha value is -4.32. The highest BCUT2D eigenvalue weighted by Gasteiger charge is 2.45. The van der Waals surface area contributed by atoms with Crippen LogP contribution in [0.2, 0.25) is 5.02 Å². The number of carbonyl (C=O) groups excluding carboxylic acids is 1. The number of piperidine rings is 1. The van der Waals surface area contributed by atoms with Gasteiger partial charge < -0.3 is 14.4 Å². The zero-order valence-corrected chi connectivity index (χ0v) is 22.6. The largest absolute Gasteiger partial charge is 0.344 e. The lowest BCUT2D eigenvalue weighted by molar-refractivity contribution is -0.133. The van der Waals surface area contributed by atoms with Gasteiger partial charge in [-0.3, -0.25) is 14.3 Å². The fourth-order valence-electron chi connectivity index (χ4n) is 5.95. The lowest BCUT2D eigenvalue weighted by Crippen LogP contribution is -2.56. The van der Waals surface area contributed by atoms with E-state index in [1.165, 1.54) is 11.2 Å². The second-order valence-electron chi connectivity index (χ2n) is 10.5. The van der Waals surface area contributed by atoms with Gasteiger partial charge in [0.2, 0.25) is 5.91 Å². The summed E-state index contributed by atoms with van der Waals surface area (Å²) in [6.45, 7) is 0.117. The highest BCUT2D eigenvalue weighted by molar-refractivity contribution is 6.33. The summed E-state index contributed by atoms with van der Waals surface area (Å²) in [6, 6.07) is 10.9. The first-order valence-corrected chi connectivity index (χ1v) is 13.7. The van der Waals surface area contributed by atoms with Gasteiger partial charge in [-0.2, -0.15) is 0 Å². The van der Waals surface area contributed by atoms with Crippen LogP contribution in [0.15, 0.2) is 59.9 Å². The molecule has 0 spiro atoms. The maximum atomic E-state index is 13.8. The Morgan fingerprint density at radius 2 is 1.83 bits per heavy atom. The van der Waals surface area contributed by atoms with Crippen LogP contribution in [-0.2, 0) is 11.3 Å². The van der Waals surface area contributed by atoms with E-state index in [-0.39, 0.29) is 24.2 Å². The molecule has 7 rings (SSSR count). The summed E-state index contributed by atoms with van der Waals surface area (Å²) in [5.74, 6) is -2.49. The van der Waals surface area contributed by atoms with E-state index in [2.05, 4.69) is 19.9 Å². The van der Waals surface area contributed by atoms with Gasteiger partial charge in [-0.15, -0.1) is 0 Å². The van der Waals surface area contributed by atoms with Crippen LogP contribution in [0.4, 0.5) is 14.6 Å². The van der Waals surface area contributed by atoms with Gasteiger partial charge in [0.1, 0.15) is 24.3 Å². The van der Waals surface area contributed by atoms with Crippen molar-refractivity contribution < 1.29 is 13.6 Å². The van der Waals surface area contributed by atoms with Crippen LogP contribution in [-0.4, -0.2) is 72.0 Å². The van der Waals surface area contributed by atoms with Crippen LogP contribution in [0, 0.1) is 0 Å². The number of benzene rings is 1. The van der Waals surface area contributed by atoms with E-state index in [1.54, 1.807) is 38.6 Å². The molecule has 0 unspecified atom stereocenters. The number of amides is 1. The molecular formula is C28H25ClF2N8O2. The summed E-state index contributed by atoms with van der Waals surface area (Å²) in [5, 5.41) is 1.07. The number of alkyl halides is 2. The molecule has 2 fully saturated rings. The van der Waals surface area contributed by atoms with Gasteiger partial charge in [-0.1, -0.05) is 29.8 Å². The number of nitrogens with zero attached hydrogens (tertiary/aromatic N) is 7. The Kier molecular flexibility index (Phi) is 6.03. The molecule has 41 heavy (non-hydrogen) atoms. The third-order valence-electron chi connectivity index (χ3n) is 7.92. The lowest BCUT2D eigenvalue weighted by atomic mass is 10.0. The van der Waals surface area contributed by atoms with Crippen LogP contribution in [0.1, 0.15) is 18.9 Å². The molecule has 2 aliphatic heterocycles. The number of anilines is 1. The first kappa shape index (κ1) is 25.6. The smallest absolute Gasteiger partial charge is 0.327 e. The molecular weight excluding hydrogens is 554 g/mol. The van der Waals surface area contributed by atoms with Gasteiger partial charge in [-0.25, -0.2) is 28.5 Å². The number of likely N-dealkylation sites (tertiary alicyclic amines) is 1. The lowest BCUT2D eigenvalue weighted by Gasteiger charge is -2.39. The van der Waals surface area contributed by atoms with Crippen molar-refractivity contribution in [3.63, 3.8) is 0 Å². The maximum Gasteiger partial charge on any atom is 0.327 e. The van der Waals surface area contributed by atoms with E-state index >= 15 is 0 Å². The summed E-state index contributed by atoms with van der Waals surface area (Å²) in [5.41, 5.74) is 2.95. The molecule has 1 amide bonds. The Balaban J connectivity index is 1.16. The van der Waals surface area contributed by atoms with Crippen molar-refractivity contribution in [1.29, 1.82) is 0 Å². The number of aromatic amines is 1. The zero-order valence-electron chi connectivity index (χ0n) is 21.8. The molecule has 4 aromatic heterocycles. The fourth-order valence-corrected chi connectivity index (χ4v) is 6.19. The van der Waals surface area contributed by atoms with E-state index in [0.717, 1.165) is 5.52 Å². The minimum absolute atomic E-state index is 0.00911. The molecule has 0 radical (unpaired) electrons. The number of imidazole rings is 1. The number of carbonyl (C=O) groups is 1. The first-order chi connectivity index (χ1) is 19.8. The van der Waals surface area contributed by atoms with Gasteiger partial charge in [0.15, 0.2) is 5.65 Å². The van der Waals surface area contributed by atoms with Crippen LogP contribution < -0.4 is 10.6 Å². The number of fused-ring (bicyclic) bond motifs is 2. The highest BCUT2D eigenvalue weighted by Crippen LogP contribution is 2.41. The van der Waals surface area contributed by atoms with Gasteiger partial charge >= 0.3 is 5.69 Å². The van der Waals surface area contributed by atoms with E-state index in [1.807, 2.05) is 24.3 Å². The van der Waals surface area contributed by atoms with Crippen molar-refractivity contribution >= 4 is 45.5 Å². The van der Waals surface area contributed by atoms with E-state index < -0.39 is 19.0 Å². The molecule has 10 nitrogen and oxygen atoms in total. The highest BCUT2D eigenvalue weighted by atomic mass is 35.5. The maximum absolute atomic E-state index is 13.8. The minimum atomic E-state index is -2.78. The Bertz CT molecular complexity index is 1850. The topological polar surface area (TPSA) is 105 Å². The average molecular weight is 579 g/mol. The second-order valence-corrected chi connectivity index (χ2v) is 10.9. The number of hydrogen-bond acceptors (Lipinski definition) is 6. The second kappa shape index (κ2) is 9.65. The fraction of sp³-hybridized carbons (Fsp3) is 0.321. The summed E-state index contributed by atoms with van der Waals surface area (Å²) in [4.78, 5) is 45.3. The number of pyridine rings is 1. The molecule has 1 N–H and O–H groups in total. The normalized spacial score (nSPS) is 17.3. The van der Waals surface area contributed by atoms with Gasteiger partial charge in [0.05, 0.1) is 24.0 Å². The molecule has 1 aromatic carbocycles. The first-order valence-electron chi connectivity index (χ1n) is 13.3. The van der Waals surface area contributed by atoms with Crippen molar-refractivity contribution in [2.75, 3.05) is 31.1 Å². The summed E-state index contributed by atoms with van der Waals surface area (Å²) < 4.78 is 31.0. The summed E-state index contributed by atoms with van der Waals surface area (Å²) in [7, 11) is 0. The Labute approximate surface area is 237 Å². The predicted molar refractivity (Wildman–Crippen MR) is 150 cm³/mol. The summed E-state index contributed by atoms with van der Waals surface area (Å²) in [6.07, 6.45) is 6.02. The van der Waals surface area contributed by atoms with Crippen molar-refractivity contribution in [2.45, 2.75) is 31.4 Å². The van der Waals surface area contributed by atoms with Crippen molar-refractivity contribution in [3.05, 3.63) is 70.6 Å². The van der Waals surface area contributed by atoms with Gasteiger partial charge in [-0.05, 0) is 31.0 Å². The quantitative estimate of drug-likeness (QED) is 0.337. The Morgan fingerprint density at radius 3 is 2.59 bits per heavy atom. The standard InChI is InChI=1S/C28H25ClF2N8O2/c29-20-5-2-1-4-18(20)19-12-37(25-23(19)26(34-16-33-25)38-14-28(30,31)15-38)13-22(40)36-10-7-17(8-11-36)39-21-6-3-9-32-24(21)35-27(39)41/h1-6,9,12,16-17H,7-8,10-11,13-15H2,(H,32,35,41). The molecule has 0 atom stereocenters. The van der Waals surface area contributed by atoms with Crippen molar-refractivity contribution in [2.24, 2.45) is 0 Å². The number of rotatable bonds is 5. The molecule has 13 heteroatoms. The van der Waals surface area contributed by atoms with Crippen LogP contribution in [0.25, 0.3) is 33.3 Å². The van der Waals surface area contributed by atoms with Crippen LogP contribution >= 0.6 is 11.6 Å². The SMILES string of the molecule is O=C(Cn1cc(-c2ccccc2Cl)c2c(N3CC(F)(F)C3)ncnc21)N1CCC(n2c(=O)[nH]c3ncccc32)CC1. The van der Waals surface area contributed by atoms with Crippen LogP contribution in [0.3, 0.4) is 0 Å². The van der Waals surface area contributed by atoms with Crippen LogP contribution in [0.5, 0.6) is 0 Å². The van der Waals surface area contributed by atoms with Gasteiger partial charge in [0.25, 0.3) is 5.92 Å². The molecule has 2 aliphatic rings. The monoisotopic (exact) mass is 578 g/mol. The summed E-state index contributed by atoms with van der Waals surface area (Å²) >= 11 is 6.54. The van der Waals surface area contributed by atoms with E-state index in [0.29, 0.717) is 64.6 Å². The Morgan fingerprint density at radius 1 is 1.05 bits per heavy atom. The van der Waals surface area contributed by atoms with E-state index in [4.69, 9.17) is 11.6 Å². The number of hydrogen-bond donors (Lipinski definition) is 1.